The van der Waals surface area contributed by atoms with Crippen molar-refractivity contribution in [2.75, 3.05) is 0 Å². The van der Waals surface area contributed by atoms with E-state index in [1.165, 1.54) is 17.7 Å². The Morgan fingerprint density at radius 3 is 2.40 bits per heavy atom. The average molecular weight is 273 g/mol. The third-order valence-corrected chi connectivity index (χ3v) is 3.23. The van der Waals surface area contributed by atoms with Crippen LogP contribution in [0.15, 0.2) is 34.7 Å². The Bertz CT molecular complexity index is 658. The summed E-state index contributed by atoms with van der Waals surface area (Å²) in [5, 5.41) is 10.6. The molecule has 0 aliphatic heterocycles. The zero-order valence-electron chi connectivity index (χ0n) is 11.4. The molecule has 0 radical (unpaired) electrons. The lowest BCUT2D eigenvalue weighted by Gasteiger charge is -2.07. The van der Waals surface area contributed by atoms with Crippen molar-refractivity contribution < 1.29 is 14.1 Å². The second-order valence-electron chi connectivity index (χ2n) is 4.41. The lowest BCUT2D eigenvalue weighted by molar-refractivity contribution is -0.402. The molecular weight excluding hydrogens is 258 g/mol. The second kappa shape index (κ2) is 5.69. The zero-order chi connectivity index (χ0) is 14.7. The predicted octanol–water partition coefficient (Wildman–Crippen LogP) is 3.54. The first-order valence-electron chi connectivity index (χ1n) is 6.47. The van der Waals surface area contributed by atoms with Gasteiger partial charge in [-0.25, -0.2) is 0 Å². The highest BCUT2D eigenvalue weighted by molar-refractivity contribution is 6.07. The number of carbonyl (C=O) groups excluding carboxylic acids is 1. The maximum Gasteiger partial charge on any atom is 0.433 e. The first-order valence-corrected chi connectivity index (χ1v) is 6.47. The number of furan rings is 1. The van der Waals surface area contributed by atoms with Crippen LogP contribution in [0.2, 0.25) is 0 Å². The number of nitrogens with zero attached hydrogens (tertiary/aromatic N) is 1. The molecule has 0 spiro atoms. The van der Waals surface area contributed by atoms with E-state index in [0.29, 0.717) is 5.56 Å². The number of aryl methyl sites for hydroxylation is 2. The minimum Gasteiger partial charge on any atom is -0.397 e. The number of hydrogen-bond acceptors (Lipinski definition) is 4. The molecule has 0 fully saturated rings. The van der Waals surface area contributed by atoms with Crippen molar-refractivity contribution in [3.05, 3.63) is 62.9 Å². The molecule has 0 aliphatic rings. The quantitative estimate of drug-likeness (QED) is 0.474. The highest BCUT2D eigenvalue weighted by atomic mass is 16.6. The number of rotatable bonds is 5. The molecule has 1 heterocycles. The molecule has 0 aliphatic carbocycles. The summed E-state index contributed by atoms with van der Waals surface area (Å²) in [5.74, 6) is -0.771. The Morgan fingerprint density at radius 1 is 1.15 bits per heavy atom. The maximum atomic E-state index is 12.2. The van der Waals surface area contributed by atoms with Crippen LogP contribution in [0, 0.1) is 10.1 Å². The van der Waals surface area contributed by atoms with Crippen molar-refractivity contribution in [3.63, 3.8) is 0 Å². The van der Waals surface area contributed by atoms with Gasteiger partial charge in [0, 0.05) is 5.56 Å². The normalized spacial score (nSPS) is 10.5. The molecule has 0 N–H and O–H groups in total. The molecule has 20 heavy (non-hydrogen) atoms. The van der Waals surface area contributed by atoms with Gasteiger partial charge >= 0.3 is 5.88 Å². The monoisotopic (exact) mass is 273 g/mol. The standard InChI is InChI=1S/C15H15NO4/c1-3-10-5-6-12(9-11(10)4-2)15(17)13-7-8-14(20-13)16(18)19/h5-9H,3-4H2,1-2H3. The van der Waals surface area contributed by atoms with Gasteiger partial charge in [0.2, 0.25) is 5.78 Å². The molecule has 1 aromatic heterocycles. The summed E-state index contributed by atoms with van der Waals surface area (Å²) < 4.78 is 4.94. The minimum absolute atomic E-state index is 0.0111. The molecular formula is C15H15NO4. The van der Waals surface area contributed by atoms with Crippen LogP contribution in [-0.4, -0.2) is 10.7 Å². The summed E-state index contributed by atoms with van der Waals surface area (Å²) in [5.41, 5.74) is 2.80. The summed E-state index contributed by atoms with van der Waals surface area (Å²) in [6, 6.07) is 8.00. The molecule has 0 atom stereocenters. The Labute approximate surface area is 116 Å². The summed E-state index contributed by atoms with van der Waals surface area (Å²) in [7, 11) is 0. The molecule has 5 heteroatoms. The van der Waals surface area contributed by atoms with E-state index in [2.05, 4.69) is 6.92 Å². The van der Waals surface area contributed by atoms with E-state index in [1.807, 2.05) is 19.1 Å². The predicted molar refractivity (Wildman–Crippen MR) is 74.0 cm³/mol. The Balaban J connectivity index is 2.35. The first-order chi connectivity index (χ1) is 9.56. The molecule has 0 unspecified atom stereocenters. The SMILES string of the molecule is CCc1ccc(C(=O)c2ccc([N+](=O)[O-])o2)cc1CC. The van der Waals surface area contributed by atoms with Crippen LogP contribution in [-0.2, 0) is 12.8 Å². The molecule has 1 aromatic carbocycles. The van der Waals surface area contributed by atoms with E-state index < -0.39 is 10.8 Å². The largest absolute Gasteiger partial charge is 0.433 e. The Kier molecular flexibility index (Phi) is 3.98. The van der Waals surface area contributed by atoms with Crippen molar-refractivity contribution in [3.8, 4) is 0 Å². The Hall–Kier alpha value is -2.43. The molecule has 104 valence electrons. The highest BCUT2D eigenvalue weighted by Gasteiger charge is 2.19. The van der Waals surface area contributed by atoms with Crippen molar-refractivity contribution >= 4 is 11.7 Å². The summed E-state index contributed by atoms with van der Waals surface area (Å²) in [6.07, 6.45) is 1.74. The smallest absolute Gasteiger partial charge is 0.397 e. The van der Waals surface area contributed by atoms with Crippen LogP contribution < -0.4 is 0 Å². The number of nitro groups is 1. The van der Waals surface area contributed by atoms with Crippen LogP contribution in [0.5, 0.6) is 0 Å². The highest BCUT2D eigenvalue weighted by Crippen LogP contribution is 2.21. The molecule has 5 nitrogen and oxygen atoms in total. The first kappa shape index (κ1) is 14.0. The molecule has 0 bridgehead atoms. The lowest BCUT2D eigenvalue weighted by atomic mass is 9.98. The van der Waals surface area contributed by atoms with E-state index in [-0.39, 0.29) is 11.5 Å². The number of hydrogen-bond donors (Lipinski definition) is 0. The van der Waals surface area contributed by atoms with Gasteiger partial charge in [0.1, 0.15) is 4.92 Å². The third-order valence-electron chi connectivity index (χ3n) is 3.23. The summed E-state index contributed by atoms with van der Waals surface area (Å²) >= 11 is 0. The van der Waals surface area contributed by atoms with E-state index in [0.717, 1.165) is 18.4 Å². The zero-order valence-corrected chi connectivity index (χ0v) is 11.4. The third kappa shape index (κ3) is 2.61. The van der Waals surface area contributed by atoms with Crippen molar-refractivity contribution in [2.45, 2.75) is 26.7 Å². The van der Waals surface area contributed by atoms with Crippen molar-refractivity contribution in [1.82, 2.24) is 0 Å². The Morgan fingerprint density at radius 2 is 1.85 bits per heavy atom. The minimum atomic E-state index is -0.658. The number of carbonyl (C=O) groups is 1. The van der Waals surface area contributed by atoms with Crippen LogP contribution in [0.3, 0.4) is 0 Å². The fraction of sp³-hybridized carbons (Fsp3) is 0.267. The van der Waals surface area contributed by atoms with Crippen LogP contribution in [0.4, 0.5) is 5.88 Å². The van der Waals surface area contributed by atoms with E-state index >= 15 is 0 Å². The fourth-order valence-electron chi connectivity index (χ4n) is 2.13. The van der Waals surface area contributed by atoms with Gasteiger partial charge < -0.3 is 4.42 Å². The van der Waals surface area contributed by atoms with Crippen LogP contribution in [0.25, 0.3) is 0 Å². The van der Waals surface area contributed by atoms with E-state index in [4.69, 9.17) is 4.42 Å². The molecule has 0 amide bonds. The van der Waals surface area contributed by atoms with Gasteiger partial charge in [-0.2, -0.15) is 0 Å². The maximum absolute atomic E-state index is 12.2. The molecule has 2 rings (SSSR count). The van der Waals surface area contributed by atoms with Crippen molar-refractivity contribution in [1.29, 1.82) is 0 Å². The average Bonchev–Trinajstić information content (AvgIpc) is 2.95. The van der Waals surface area contributed by atoms with Gasteiger partial charge in [-0.15, -0.1) is 0 Å². The number of ketones is 1. The van der Waals surface area contributed by atoms with Gasteiger partial charge in [0.25, 0.3) is 0 Å². The van der Waals surface area contributed by atoms with Gasteiger partial charge in [0.15, 0.2) is 5.76 Å². The van der Waals surface area contributed by atoms with Gasteiger partial charge in [0.05, 0.1) is 6.07 Å². The number of benzene rings is 1. The molecule has 0 saturated heterocycles. The van der Waals surface area contributed by atoms with E-state index in [9.17, 15) is 14.9 Å². The summed E-state index contributed by atoms with van der Waals surface area (Å²) in [6.45, 7) is 4.09. The van der Waals surface area contributed by atoms with Crippen molar-refractivity contribution in [2.24, 2.45) is 0 Å². The summed E-state index contributed by atoms with van der Waals surface area (Å²) in [4.78, 5) is 22.1. The van der Waals surface area contributed by atoms with Gasteiger partial charge in [-0.1, -0.05) is 26.0 Å². The topological polar surface area (TPSA) is 73.3 Å². The fourth-order valence-corrected chi connectivity index (χ4v) is 2.13. The van der Waals surface area contributed by atoms with Crippen LogP contribution >= 0.6 is 0 Å². The molecule has 2 aromatic rings. The second-order valence-corrected chi connectivity index (χ2v) is 4.41. The van der Waals surface area contributed by atoms with Gasteiger partial charge in [-0.05, 0) is 36.1 Å². The van der Waals surface area contributed by atoms with Crippen LogP contribution in [0.1, 0.15) is 41.1 Å². The lowest BCUT2D eigenvalue weighted by Crippen LogP contribution is -2.02. The van der Waals surface area contributed by atoms with E-state index in [1.54, 1.807) is 6.07 Å². The molecule has 0 saturated carbocycles. The van der Waals surface area contributed by atoms with Gasteiger partial charge in [-0.3, -0.25) is 14.9 Å².